The van der Waals surface area contributed by atoms with Gasteiger partial charge in [0.1, 0.15) is 6.04 Å². The van der Waals surface area contributed by atoms with Gasteiger partial charge < -0.3 is 25.8 Å². The number of aromatic hydroxyl groups is 1. The van der Waals surface area contributed by atoms with Crippen LogP contribution in [0.4, 0.5) is 4.39 Å². The van der Waals surface area contributed by atoms with Gasteiger partial charge in [0.2, 0.25) is 0 Å². The Balaban J connectivity index is 1.63. The number of aryl methyl sites for hydroxylation is 1. The number of phenolic OH excluding ortho intramolecular Hbond substituents is 1. The molecule has 0 aliphatic carbocycles. The summed E-state index contributed by atoms with van der Waals surface area (Å²) in [6.07, 6.45) is 0. The van der Waals surface area contributed by atoms with Crippen molar-refractivity contribution in [3.8, 4) is 5.75 Å². The Kier molecular flexibility index (Phi) is 8.55. The summed E-state index contributed by atoms with van der Waals surface area (Å²) in [5.41, 5.74) is 1.01. The molecule has 2 aromatic heterocycles. The van der Waals surface area contributed by atoms with E-state index in [1.807, 2.05) is 0 Å². The Morgan fingerprint density at radius 3 is 2.46 bits per heavy atom. The maximum atomic E-state index is 13.2. The number of benzene rings is 1. The molecule has 1 aromatic carbocycles. The van der Waals surface area contributed by atoms with Crippen molar-refractivity contribution in [2.45, 2.75) is 19.5 Å². The fraction of sp³-hybridized carbons (Fsp3) is 0.217. The number of esters is 1. The molecule has 35 heavy (non-hydrogen) atoms. The number of nitrogens with one attached hydrogen (secondary N) is 3. The molecule has 1 unspecified atom stereocenters. The number of halogens is 1. The van der Waals surface area contributed by atoms with Crippen molar-refractivity contribution in [2.75, 3.05) is 13.7 Å². The molecule has 0 aliphatic rings. The van der Waals surface area contributed by atoms with Gasteiger partial charge in [0, 0.05) is 13.1 Å². The van der Waals surface area contributed by atoms with Crippen LogP contribution in [-0.2, 0) is 16.1 Å². The number of amides is 3. The topological polar surface area (TPSA) is 134 Å². The van der Waals surface area contributed by atoms with E-state index in [0.717, 1.165) is 17.4 Å². The summed E-state index contributed by atoms with van der Waals surface area (Å²) in [7, 11) is 1.17. The zero-order chi connectivity index (χ0) is 25.5. The molecule has 3 rings (SSSR count). The quantitative estimate of drug-likeness (QED) is 0.321. The van der Waals surface area contributed by atoms with Gasteiger partial charge in [-0.15, -0.1) is 22.7 Å². The molecule has 4 N–H and O–H groups in total. The van der Waals surface area contributed by atoms with E-state index in [4.69, 9.17) is 4.74 Å². The molecule has 0 bridgehead atoms. The zero-order valence-corrected chi connectivity index (χ0v) is 20.3. The van der Waals surface area contributed by atoms with E-state index in [2.05, 4.69) is 16.0 Å². The van der Waals surface area contributed by atoms with Crippen molar-refractivity contribution >= 4 is 46.4 Å². The van der Waals surface area contributed by atoms with E-state index in [-0.39, 0.29) is 28.8 Å². The molecule has 0 aliphatic heterocycles. The van der Waals surface area contributed by atoms with Crippen LogP contribution in [0.2, 0.25) is 0 Å². The molecular weight excluding hydrogens is 497 g/mol. The first-order valence-electron chi connectivity index (χ1n) is 10.3. The van der Waals surface area contributed by atoms with Gasteiger partial charge in [-0.1, -0.05) is 12.1 Å². The zero-order valence-electron chi connectivity index (χ0n) is 18.7. The Morgan fingerprint density at radius 2 is 1.80 bits per heavy atom. The van der Waals surface area contributed by atoms with Crippen molar-refractivity contribution in [1.29, 1.82) is 0 Å². The number of carbonyl (C=O) groups excluding carboxylic acids is 4. The minimum atomic E-state index is -1.14. The van der Waals surface area contributed by atoms with Crippen LogP contribution < -0.4 is 16.0 Å². The summed E-state index contributed by atoms with van der Waals surface area (Å²) in [5, 5.41) is 19.0. The first-order chi connectivity index (χ1) is 16.7. The molecule has 1 atom stereocenters. The Morgan fingerprint density at radius 1 is 1.06 bits per heavy atom. The summed E-state index contributed by atoms with van der Waals surface area (Å²) in [5.74, 6) is -3.47. The van der Waals surface area contributed by atoms with Gasteiger partial charge in [0.15, 0.2) is 11.6 Å². The van der Waals surface area contributed by atoms with E-state index in [1.165, 1.54) is 36.6 Å². The SMILES string of the molecule is COC(=O)C(CNC(=O)c1cccs1)NC(=O)c1sc(C(=O)NCc2ccc(F)c(O)c2)cc1C. The highest BCUT2D eigenvalue weighted by Gasteiger charge is 2.26. The maximum Gasteiger partial charge on any atom is 0.330 e. The van der Waals surface area contributed by atoms with Gasteiger partial charge in [-0.2, -0.15) is 0 Å². The molecule has 0 fully saturated rings. The van der Waals surface area contributed by atoms with Crippen LogP contribution in [0.25, 0.3) is 0 Å². The van der Waals surface area contributed by atoms with Gasteiger partial charge in [0.25, 0.3) is 17.7 Å². The highest BCUT2D eigenvalue weighted by atomic mass is 32.1. The molecule has 0 spiro atoms. The van der Waals surface area contributed by atoms with Crippen LogP contribution in [0.1, 0.15) is 40.1 Å². The molecule has 0 saturated heterocycles. The molecule has 184 valence electrons. The average Bonchev–Trinajstić information content (AvgIpc) is 3.51. The van der Waals surface area contributed by atoms with E-state index >= 15 is 0 Å². The Bertz CT molecular complexity index is 1240. The highest BCUT2D eigenvalue weighted by Crippen LogP contribution is 2.23. The monoisotopic (exact) mass is 519 g/mol. The molecule has 0 radical (unpaired) electrons. The van der Waals surface area contributed by atoms with Gasteiger partial charge in [-0.3, -0.25) is 14.4 Å². The fourth-order valence-corrected chi connectivity index (χ4v) is 4.64. The number of phenols is 1. The number of thiophene rings is 2. The number of hydrogen-bond donors (Lipinski definition) is 4. The number of rotatable bonds is 9. The normalized spacial score (nSPS) is 11.4. The number of hydrogen-bond acceptors (Lipinski definition) is 8. The summed E-state index contributed by atoms with van der Waals surface area (Å²) in [6.45, 7) is 1.50. The molecule has 12 heteroatoms. The largest absolute Gasteiger partial charge is 0.505 e. The van der Waals surface area contributed by atoms with E-state index in [1.54, 1.807) is 24.4 Å². The van der Waals surface area contributed by atoms with Gasteiger partial charge in [-0.25, -0.2) is 9.18 Å². The van der Waals surface area contributed by atoms with Crippen LogP contribution in [0.15, 0.2) is 41.8 Å². The number of ether oxygens (including phenoxy) is 1. The van der Waals surface area contributed by atoms with Crippen LogP contribution in [0.3, 0.4) is 0 Å². The fourth-order valence-electron chi connectivity index (χ4n) is 3.01. The number of carbonyl (C=O) groups is 4. The lowest BCUT2D eigenvalue weighted by atomic mass is 10.2. The third-order valence-corrected chi connectivity index (χ3v) is 6.92. The van der Waals surface area contributed by atoms with E-state index in [0.29, 0.717) is 16.0 Å². The highest BCUT2D eigenvalue weighted by molar-refractivity contribution is 7.16. The first kappa shape index (κ1) is 25.8. The number of methoxy groups -OCH3 is 1. The summed E-state index contributed by atoms with van der Waals surface area (Å²) in [6, 6.07) is 7.47. The van der Waals surface area contributed by atoms with Crippen LogP contribution in [0.5, 0.6) is 5.75 Å². The van der Waals surface area contributed by atoms with Crippen molar-refractivity contribution in [2.24, 2.45) is 0 Å². The second-order valence-electron chi connectivity index (χ2n) is 7.33. The predicted octanol–water partition coefficient (Wildman–Crippen LogP) is 2.59. The summed E-state index contributed by atoms with van der Waals surface area (Å²) >= 11 is 2.17. The molecule has 9 nitrogen and oxygen atoms in total. The lowest BCUT2D eigenvalue weighted by Gasteiger charge is -2.16. The Hall–Kier alpha value is -3.77. The molecule has 0 saturated carbocycles. The minimum absolute atomic E-state index is 0.0412. The van der Waals surface area contributed by atoms with Gasteiger partial charge in [-0.05, 0) is 47.7 Å². The summed E-state index contributed by atoms with van der Waals surface area (Å²) in [4.78, 5) is 50.6. The third kappa shape index (κ3) is 6.64. The predicted molar refractivity (Wildman–Crippen MR) is 128 cm³/mol. The molecule has 3 amide bonds. The molecular formula is C23H22FN3O6S2. The second-order valence-corrected chi connectivity index (χ2v) is 9.33. The molecule has 2 heterocycles. The first-order valence-corrected chi connectivity index (χ1v) is 12.0. The van der Waals surface area contributed by atoms with Crippen molar-refractivity contribution in [3.63, 3.8) is 0 Å². The lowest BCUT2D eigenvalue weighted by molar-refractivity contribution is -0.142. The van der Waals surface area contributed by atoms with E-state index in [9.17, 15) is 28.7 Å². The summed E-state index contributed by atoms with van der Waals surface area (Å²) < 4.78 is 17.9. The van der Waals surface area contributed by atoms with Crippen molar-refractivity contribution < 1.29 is 33.4 Å². The van der Waals surface area contributed by atoms with Crippen LogP contribution in [-0.4, -0.2) is 48.5 Å². The van der Waals surface area contributed by atoms with Crippen LogP contribution in [0, 0.1) is 12.7 Å². The minimum Gasteiger partial charge on any atom is -0.505 e. The van der Waals surface area contributed by atoms with Crippen LogP contribution >= 0.6 is 22.7 Å². The molecule has 3 aromatic rings. The second kappa shape index (κ2) is 11.6. The standard InChI is InChI=1S/C23H22FN3O6S2/c1-12-8-18(21(30)25-10-13-5-6-14(24)16(28)9-13)35-19(12)22(31)27-15(23(32)33-2)11-26-20(29)17-4-3-7-34-17/h3-9,15,28H,10-11H2,1-2H3,(H,25,30)(H,26,29)(H,27,31). The Labute approximate surface area is 207 Å². The van der Waals surface area contributed by atoms with Crippen molar-refractivity contribution in [1.82, 2.24) is 16.0 Å². The van der Waals surface area contributed by atoms with Gasteiger partial charge in [0.05, 0.1) is 21.7 Å². The smallest absolute Gasteiger partial charge is 0.330 e. The maximum absolute atomic E-state index is 13.2. The lowest BCUT2D eigenvalue weighted by Crippen LogP contribution is -2.48. The third-order valence-electron chi connectivity index (χ3n) is 4.81. The van der Waals surface area contributed by atoms with Crippen molar-refractivity contribution in [3.05, 3.63) is 73.4 Å². The van der Waals surface area contributed by atoms with Gasteiger partial charge >= 0.3 is 5.97 Å². The van der Waals surface area contributed by atoms with E-state index < -0.39 is 35.4 Å². The average molecular weight is 520 g/mol.